The number of anilines is 2. The molecule has 3 heterocycles. The normalized spacial score (nSPS) is 15.6. The van der Waals surface area contributed by atoms with Crippen molar-refractivity contribution in [2.45, 2.75) is 12.8 Å². The van der Waals surface area contributed by atoms with Gasteiger partial charge in [-0.05, 0) is 80.1 Å². The minimum Gasteiger partial charge on any atom is -0.453 e. The van der Waals surface area contributed by atoms with Crippen molar-refractivity contribution in [2.24, 2.45) is 5.41 Å². The van der Waals surface area contributed by atoms with Gasteiger partial charge in [0.1, 0.15) is 17.0 Å². The van der Waals surface area contributed by atoms with E-state index < -0.39 is 28.9 Å². The molecule has 48 heavy (non-hydrogen) atoms. The van der Waals surface area contributed by atoms with Crippen molar-refractivity contribution in [3.05, 3.63) is 102 Å². The number of pyridine rings is 1. The Morgan fingerprint density at radius 2 is 1.48 bits per heavy atom. The van der Waals surface area contributed by atoms with Gasteiger partial charge in [-0.1, -0.05) is 12.1 Å². The highest BCUT2D eigenvalue weighted by molar-refractivity contribution is 7.22. The SMILES string of the molecule is CN1CCN(C(=O)c2ccc(-c3cc4nccc(Oc5ccc(NC(=O)C6(C(=O)Nc7ccc(F)cc7)CC6)cc5F)c4s3)cc2)CC1. The number of carbonyl (C=O) groups excluding carboxylic acids is 3. The molecule has 3 amide bonds. The summed E-state index contributed by atoms with van der Waals surface area (Å²) in [4.78, 5) is 48.4. The number of amides is 3. The molecule has 0 radical (unpaired) electrons. The van der Waals surface area contributed by atoms with E-state index in [9.17, 15) is 18.8 Å². The van der Waals surface area contributed by atoms with Crippen LogP contribution in [0.1, 0.15) is 23.2 Å². The number of piperazine rings is 1. The Balaban J connectivity index is 1.02. The first-order chi connectivity index (χ1) is 23.2. The van der Waals surface area contributed by atoms with E-state index in [1.165, 1.54) is 47.7 Å². The van der Waals surface area contributed by atoms with Crippen molar-refractivity contribution in [1.82, 2.24) is 14.8 Å². The van der Waals surface area contributed by atoms with Crippen LogP contribution in [0.2, 0.25) is 0 Å². The predicted octanol–water partition coefficient (Wildman–Crippen LogP) is 6.78. The number of benzene rings is 3. The molecule has 9 nitrogen and oxygen atoms in total. The number of rotatable bonds is 8. The second-order valence-corrected chi connectivity index (χ2v) is 13.1. The van der Waals surface area contributed by atoms with Gasteiger partial charge in [0, 0.05) is 66.3 Å². The fourth-order valence-corrected chi connectivity index (χ4v) is 6.67. The van der Waals surface area contributed by atoms with Crippen molar-refractivity contribution >= 4 is 50.6 Å². The van der Waals surface area contributed by atoms with E-state index in [4.69, 9.17) is 4.74 Å². The van der Waals surface area contributed by atoms with Gasteiger partial charge in [-0.2, -0.15) is 0 Å². The Bertz CT molecular complexity index is 2020. The number of thiophene rings is 1. The number of fused-ring (bicyclic) bond motifs is 1. The summed E-state index contributed by atoms with van der Waals surface area (Å²) < 4.78 is 35.2. The van der Waals surface area contributed by atoms with Crippen molar-refractivity contribution in [1.29, 1.82) is 0 Å². The van der Waals surface area contributed by atoms with Crippen LogP contribution in [0.5, 0.6) is 11.5 Å². The zero-order valence-corrected chi connectivity index (χ0v) is 26.8. The molecule has 2 N–H and O–H groups in total. The number of aromatic nitrogens is 1. The van der Waals surface area contributed by atoms with E-state index in [1.807, 2.05) is 35.2 Å². The van der Waals surface area contributed by atoms with Gasteiger partial charge < -0.3 is 25.2 Å². The molecule has 3 aromatic carbocycles. The molecule has 0 spiro atoms. The van der Waals surface area contributed by atoms with Gasteiger partial charge in [0.25, 0.3) is 5.91 Å². The summed E-state index contributed by atoms with van der Waals surface area (Å²) >= 11 is 1.45. The molecule has 2 fully saturated rings. The summed E-state index contributed by atoms with van der Waals surface area (Å²) in [5, 5.41) is 5.30. The molecule has 0 bridgehead atoms. The van der Waals surface area contributed by atoms with E-state index in [2.05, 4.69) is 27.6 Å². The second kappa shape index (κ2) is 12.8. The largest absolute Gasteiger partial charge is 0.453 e. The third-order valence-electron chi connectivity index (χ3n) is 8.71. The van der Waals surface area contributed by atoms with Crippen LogP contribution in [0.15, 0.2) is 85.1 Å². The molecular weight excluding hydrogens is 636 g/mol. The maximum Gasteiger partial charge on any atom is 0.253 e. The third kappa shape index (κ3) is 6.36. The van der Waals surface area contributed by atoms with Gasteiger partial charge in [-0.3, -0.25) is 19.4 Å². The summed E-state index contributed by atoms with van der Waals surface area (Å²) in [6.07, 6.45) is 2.27. The highest BCUT2D eigenvalue weighted by Crippen LogP contribution is 2.48. The lowest BCUT2D eigenvalue weighted by Gasteiger charge is -2.32. The molecule has 2 aliphatic rings. The van der Waals surface area contributed by atoms with E-state index in [0.29, 0.717) is 48.4 Å². The quantitative estimate of drug-likeness (QED) is 0.177. The van der Waals surface area contributed by atoms with Crippen molar-refractivity contribution in [3.8, 4) is 21.9 Å². The van der Waals surface area contributed by atoms with Gasteiger partial charge in [0.2, 0.25) is 11.8 Å². The van der Waals surface area contributed by atoms with E-state index in [-0.39, 0.29) is 17.3 Å². The minimum atomic E-state index is -1.28. The number of halogens is 2. The summed E-state index contributed by atoms with van der Waals surface area (Å²) in [5.41, 5.74) is 1.52. The molecule has 12 heteroatoms. The van der Waals surface area contributed by atoms with Gasteiger partial charge in [-0.15, -0.1) is 11.3 Å². The highest BCUT2D eigenvalue weighted by Gasteiger charge is 2.56. The Morgan fingerprint density at radius 3 is 2.15 bits per heavy atom. The molecule has 1 saturated heterocycles. The molecular formula is C36H31F2N5O4S. The molecule has 2 aromatic heterocycles. The standard InChI is InChI=1S/C36H31F2N5O4S/c1-42-16-18-43(19-17-42)33(44)23-4-2-22(3-5-23)31-21-28-32(48-31)30(12-15-39-28)47-29-11-10-26(20-27(29)38)41-35(46)36(13-14-36)34(45)40-25-8-6-24(37)7-9-25/h2-12,15,20-21H,13-14,16-19H2,1H3,(H,40,45)(H,41,46). The number of nitrogens with one attached hydrogen (secondary N) is 2. The molecule has 5 aromatic rings. The zero-order valence-electron chi connectivity index (χ0n) is 26.0. The average Bonchev–Trinajstić information content (AvgIpc) is 3.80. The first-order valence-corrected chi connectivity index (χ1v) is 16.3. The number of likely N-dealkylation sites (N-methyl/N-ethyl adjacent to an activating group) is 1. The number of carbonyl (C=O) groups is 3. The van der Waals surface area contributed by atoms with Crippen LogP contribution in [0.3, 0.4) is 0 Å². The Labute approximate surface area is 279 Å². The number of nitrogens with zero attached hydrogens (tertiary/aromatic N) is 3. The smallest absolute Gasteiger partial charge is 0.253 e. The van der Waals surface area contributed by atoms with E-state index in [1.54, 1.807) is 12.3 Å². The lowest BCUT2D eigenvalue weighted by atomic mass is 10.0. The number of ether oxygens (including phenoxy) is 1. The van der Waals surface area contributed by atoms with Crippen LogP contribution in [0.25, 0.3) is 20.7 Å². The second-order valence-electron chi connectivity index (χ2n) is 12.1. The molecule has 1 aliphatic heterocycles. The topological polar surface area (TPSA) is 104 Å². The Hall–Kier alpha value is -5.20. The summed E-state index contributed by atoms with van der Waals surface area (Å²) in [5.74, 6) is -1.79. The van der Waals surface area contributed by atoms with Crippen LogP contribution < -0.4 is 15.4 Å². The molecule has 0 atom stereocenters. The van der Waals surface area contributed by atoms with Crippen LogP contribution in [0, 0.1) is 17.0 Å². The van der Waals surface area contributed by atoms with Crippen LogP contribution >= 0.6 is 11.3 Å². The van der Waals surface area contributed by atoms with Crippen LogP contribution in [-0.4, -0.2) is 65.7 Å². The Morgan fingerprint density at radius 1 is 0.812 bits per heavy atom. The molecule has 0 unspecified atom stereocenters. The first kappa shape index (κ1) is 31.4. The van der Waals surface area contributed by atoms with Gasteiger partial charge >= 0.3 is 0 Å². The first-order valence-electron chi connectivity index (χ1n) is 15.5. The van der Waals surface area contributed by atoms with E-state index in [0.717, 1.165) is 34.3 Å². The zero-order chi connectivity index (χ0) is 33.4. The lowest BCUT2D eigenvalue weighted by Crippen LogP contribution is -2.47. The average molecular weight is 668 g/mol. The Kier molecular flexibility index (Phi) is 8.36. The monoisotopic (exact) mass is 667 g/mol. The summed E-state index contributed by atoms with van der Waals surface area (Å²) in [6.45, 7) is 3.13. The third-order valence-corrected chi connectivity index (χ3v) is 9.90. The highest BCUT2D eigenvalue weighted by atomic mass is 32.1. The van der Waals surface area contributed by atoms with Crippen molar-refractivity contribution in [2.75, 3.05) is 43.9 Å². The fraction of sp³-hybridized carbons (Fsp3) is 0.222. The van der Waals surface area contributed by atoms with E-state index >= 15 is 4.39 Å². The molecule has 7 rings (SSSR count). The van der Waals surface area contributed by atoms with Gasteiger partial charge in [0.15, 0.2) is 11.6 Å². The summed E-state index contributed by atoms with van der Waals surface area (Å²) in [7, 11) is 2.05. The summed E-state index contributed by atoms with van der Waals surface area (Å²) in [6, 6.07) is 20.4. The van der Waals surface area contributed by atoms with Crippen molar-refractivity contribution in [3.63, 3.8) is 0 Å². The lowest BCUT2D eigenvalue weighted by molar-refractivity contribution is -0.131. The van der Waals surface area contributed by atoms with Crippen LogP contribution in [-0.2, 0) is 9.59 Å². The van der Waals surface area contributed by atoms with Gasteiger partial charge in [0.05, 0.1) is 10.2 Å². The number of hydrogen-bond donors (Lipinski definition) is 2. The van der Waals surface area contributed by atoms with Crippen LogP contribution in [0.4, 0.5) is 20.2 Å². The maximum atomic E-state index is 15.3. The molecule has 1 aliphatic carbocycles. The minimum absolute atomic E-state index is 0.0235. The fourth-order valence-electron chi connectivity index (χ4n) is 5.60. The number of hydrogen-bond acceptors (Lipinski definition) is 7. The maximum absolute atomic E-state index is 15.3. The van der Waals surface area contributed by atoms with Crippen molar-refractivity contribution < 1.29 is 27.9 Å². The van der Waals surface area contributed by atoms with Gasteiger partial charge in [-0.25, -0.2) is 8.78 Å². The molecule has 244 valence electrons. The predicted molar refractivity (Wildman–Crippen MR) is 180 cm³/mol. The molecule has 1 saturated carbocycles.